The summed E-state index contributed by atoms with van der Waals surface area (Å²) in [6, 6.07) is 17.5. The molecule has 2 N–H and O–H groups in total. The number of para-hydroxylation sites is 1. The average Bonchev–Trinajstić information content (AvgIpc) is 2.90. The number of fused-ring (bicyclic) bond motifs is 1. The van der Waals surface area contributed by atoms with Gasteiger partial charge in [0.2, 0.25) is 0 Å². The molecule has 0 aliphatic carbocycles. The highest BCUT2D eigenvalue weighted by Gasteiger charge is 2.28. The summed E-state index contributed by atoms with van der Waals surface area (Å²) in [4.78, 5) is 25.9. The predicted octanol–water partition coefficient (Wildman–Crippen LogP) is 4.84. The van der Waals surface area contributed by atoms with Gasteiger partial charge >= 0.3 is 0 Å². The van der Waals surface area contributed by atoms with Crippen molar-refractivity contribution in [1.82, 2.24) is 20.3 Å². The second-order valence-corrected chi connectivity index (χ2v) is 8.42. The Kier molecular flexibility index (Phi) is 6.72. The van der Waals surface area contributed by atoms with E-state index in [4.69, 9.17) is 4.74 Å². The van der Waals surface area contributed by atoms with Crippen LogP contribution in [0.2, 0.25) is 0 Å². The molecule has 174 valence electrons. The summed E-state index contributed by atoms with van der Waals surface area (Å²) >= 11 is 0. The number of carbonyl (C=O) groups is 1. The lowest BCUT2D eigenvalue weighted by atomic mass is 9.78. The third kappa shape index (κ3) is 4.55. The first kappa shape index (κ1) is 23.2. The fraction of sp³-hybridized carbons (Fsp3) is 0.259. The first-order valence-electron chi connectivity index (χ1n) is 11.3. The van der Waals surface area contributed by atoms with Gasteiger partial charge in [0, 0.05) is 42.2 Å². The molecular formula is C27H29N5O2. The summed E-state index contributed by atoms with van der Waals surface area (Å²) in [5.41, 5.74) is 4.15. The van der Waals surface area contributed by atoms with Crippen molar-refractivity contribution >= 4 is 22.6 Å². The van der Waals surface area contributed by atoms with E-state index in [1.54, 1.807) is 32.7 Å². The van der Waals surface area contributed by atoms with Crippen molar-refractivity contribution in [2.75, 3.05) is 26.0 Å². The van der Waals surface area contributed by atoms with Crippen LogP contribution in [0.25, 0.3) is 22.2 Å². The number of amides is 1. The lowest BCUT2D eigenvalue weighted by Gasteiger charge is -2.30. The van der Waals surface area contributed by atoms with Gasteiger partial charge in [-0.25, -0.2) is 9.97 Å². The van der Waals surface area contributed by atoms with Crippen LogP contribution in [0.1, 0.15) is 36.2 Å². The standard InChI is InChI=1S/C27H29N5O2/c1-5-27(2,22-8-6-7-20-21(26(33)28-3)13-14-29-25(20)22)16-30-24-15-23(31-17-32-24)18-9-11-19(34-4)12-10-18/h6-15,17H,5,16H2,1-4H3,(H,28,33)(H,30,31,32)/t27-/m1/s1. The fourth-order valence-electron chi connectivity index (χ4n) is 4.07. The molecule has 0 unspecified atom stereocenters. The number of ether oxygens (including phenoxy) is 1. The normalized spacial score (nSPS) is 12.7. The van der Waals surface area contributed by atoms with Gasteiger partial charge in [0.05, 0.1) is 23.9 Å². The lowest BCUT2D eigenvalue weighted by molar-refractivity contribution is 0.0964. The van der Waals surface area contributed by atoms with E-state index in [9.17, 15) is 4.79 Å². The van der Waals surface area contributed by atoms with Crippen LogP contribution in [0.5, 0.6) is 5.75 Å². The maximum atomic E-state index is 12.4. The number of carbonyl (C=O) groups excluding carboxylic acids is 1. The molecule has 0 saturated carbocycles. The SMILES string of the molecule is CC[C@](C)(CNc1cc(-c2ccc(OC)cc2)ncn1)c1cccc2c(C(=O)NC)ccnc12. The summed E-state index contributed by atoms with van der Waals surface area (Å²) in [6.07, 6.45) is 4.15. The van der Waals surface area contributed by atoms with Crippen molar-refractivity contribution in [3.63, 3.8) is 0 Å². The number of rotatable bonds is 8. The maximum absolute atomic E-state index is 12.4. The molecule has 4 rings (SSSR count). The van der Waals surface area contributed by atoms with E-state index >= 15 is 0 Å². The maximum Gasteiger partial charge on any atom is 0.251 e. The zero-order chi connectivity index (χ0) is 24.1. The highest BCUT2D eigenvalue weighted by atomic mass is 16.5. The summed E-state index contributed by atoms with van der Waals surface area (Å²) in [5, 5.41) is 7.06. The average molecular weight is 456 g/mol. The van der Waals surface area contributed by atoms with E-state index in [2.05, 4.69) is 45.5 Å². The van der Waals surface area contributed by atoms with Crippen LogP contribution in [0.15, 0.2) is 67.1 Å². The zero-order valence-corrected chi connectivity index (χ0v) is 19.9. The Hall–Kier alpha value is -4.00. The van der Waals surface area contributed by atoms with Gasteiger partial charge in [-0.05, 0) is 42.3 Å². The Balaban J connectivity index is 1.62. The summed E-state index contributed by atoms with van der Waals surface area (Å²) < 4.78 is 5.24. The van der Waals surface area contributed by atoms with E-state index in [-0.39, 0.29) is 11.3 Å². The number of nitrogens with zero attached hydrogens (tertiary/aromatic N) is 3. The van der Waals surface area contributed by atoms with Crippen LogP contribution in [0.4, 0.5) is 5.82 Å². The molecule has 2 aromatic carbocycles. The number of pyridine rings is 1. The highest BCUT2D eigenvalue weighted by molar-refractivity contribution is 6.06. The fourth-order valence-corrected chi connectivity index (χ4v) is 4.07. The van der Waals surface area contributed by atoms with Crippen LogP contribution in [-0.2, 0) is 5.41 Å². The number of benzene rings is 2. The van der Waals surface area contributed by atoms with E-state index < -0.39 is 0 Å². The van der Waals surface area contributed by atoms with Gasteiger partial charge in [0.15, 0.2) is 0 Å². The molecule has 2 aromatic heterocycles. The van der Waals surface area contributed by atoms with Gasteiger partial charge in [-0.1, -0.05) is 32.0 Å². The third-order valence-corrected chi connectivity index (χ3v) is 6.39. The van der Waals surface area contributed by atoms with Gasteiger partial charge in [-0.15, -0.1) is 0 Å². The van der Waals surface area contributed by atoms with Gasteiger partial charge in [0.1, 0.15) is 17.9 Å². The third-order valence-electron chi connectivity index (χ3n) is 6.39. The van der Waals surface area contributed by atoms with Crippen LogP contribution in [0.3, 0.4) is 0 Å². The second-order valence-electron chi connectivity index (χ2n) is 8.42. The summed E-state index contributed by atoms with van der Waals surface area (Å²) in [5.74, 6) is 1.44. The smallest absolute Gasteiger partial charge is 0.251 e. The number of hydrogen-bond donors (Lipinski definition) is 2. The Morgan fingerprint density at radius 3 is 2.56 bits per heavy atom. The molecular weight excluding hydrogens is 426 g/mol. The minimum absolute atomic E-state index is 0.118. The summed E-state index contributed by atoms with van der Waals surface area (Å²) in [6.45, 7) is 5.01. The lowest BCUT2D eigenvalue weighted by Crippen LogP contribution is -2.31. The minimum Gasteiger partial charge on any atom is -0.497 e. The van der Waals surface area contributed by atoms with Gasteiger partial charge in [0.25, 0.3) is 5.91 Å². The number of anilines is 1. The van der Waals surface area contributed by atoms with Gasteiger partial charge in [-0.3, -0.25) is 9.78 Å². The molecule has 0 saturated heterocycles. The first-order chi connectivity index (χ1) is 16.5. The number of methoxy groups -OCH3 is 1. The van der Waals surface area contributed by atoms with E-state index in [1.807, 2.05) is 42.5 Å². The minimum atomic E-state index is -0.237. The molecule has 0 fully saturated rings. The van der Waals surface area contributed by atoms with Crippen LogP contribution in [-0.4, -0.2) is 41.6 Å². The predicted molar refractivity (Wildman–Crippen MR) is 135 cm³/mol. The van der Waals surface area contributed by atoms with Crippen molar-refractivity contribution in [3.05, 3.63) is 78.2 Å². The highest BCUT2D eigenvalue weighted by Crippen LogP contribution is 2.34. The molecule has 7 nitrogen and oxygen atoms in total. The molecule has 1 amide bonds. The quantitative estimate of drug-likeness (QED) is 0.395. The van der Waals surface area contributed by atoms with Crippen LogP contribution in [0, 0.1) is 0 Å². The topological polar surface area (TPSA) is 89.0 Å². The molecule has 4 aromatic rings. The molecule has 7 heteroatoms. The van der Waals surface area contributed by atoms with Crippen LogP contribution >= 0.6 is 0 Å². The second kappa shape index (κ2) is 9.87. The molecule has 0 aliphatic heterocycles. The molecule has 0 radical (unpaired) electrons. The van der Waals surface area contributed by atoms with Gasteiger partial charge < -0.3 is 15.4 Å². The Morgan fingerprint density at radius 2 is 1.85 bits per heavy atom. The monoisotopic (exact) mass is 455 g/mol. The van der Waals surface area contributed by atoms with Crippen molar-refractivity contribution in [2.24, 2.45) is 0 Å². The van der Waals surface area contributed by atoms with Crippen molar-refractivity contribution < 1.29 is 9.53 Å². The van der Waals surface area contributed by atoms with Crippen molar-refractivity contribution in [2.45, 2.75) is 25.7 Å². The molecule has 0 bridgehead atoms. The van der Waals surface area contributed by atoms with Crippen molar-refractivity contribution in [1.29, 1.82) is 0 Å². The first-order valence-corrected chi connectivity index (χ1v) is 11.3. The molecule has 34 heavy (non-hydrogen) atoms. The molecule has 1 atom stereocenters. The Labute approximate surface area is 199 Å². The number of hydrogen-bond acceptors (Lipinski definition) is 6. The van der Waals surface area contributed by atoms with Crippen molar-refractivity contribution in [3.8, 4) is 17.0 Å². The van der Waals surface area contributed by atoms with Crippen LogP contribution < -0.4 is 15.4 Å². The van der Waals surface area contributed by atoms with E-state index in [1.165, 1.54) is 0 Å². The Bertz CT molecular complexity index is 1310. The molecule has 0 aliphatic rings. The number of nitrogens with one attached hydrogen (secondary N) is 2. The number of aromatic nitrogens is 3. The molecule has 0 spiro atoms. The van der Waals surface area contributed by atoms with E-state index in [0.29, 0.717) is 12.1 Å². The molecule has 2 heterocycles. The largest absolute Gasteiger partial charge is 0.497 e. The Morgan fingerprint density at radius 1 is 1.06 bits per heavy atom. The van der Waals surface area contributed by atoms with Gasteiger partial charge in [-0.2, -0.15) is 0 Å². The summed E-state index contributed by atoms with van der Waals surface area (Å²) in [7, 11) is 3.29. The van der Waals surface area contributed by atoms with E-state index in [0.717, 1.165) is 45.7 Å². The zero-order valence-electron chi connectivity index (χ0n) is 19.9.